The van der Waals surface area contributed by atoms with Gasteiger partial charge in [-0.2, -0.15) is 0 Å². The summed E-state index contributed by atoms with van der Waals surface area (Å²) < 4.78 is 19.6. The number of amides is 2. The molecule has 1 N–H and O–H groups in total. The average Bonchev–Trinajstić information content (AvgIpc) is 3.13. The zero-order chi connectivity index (χ0) is 19.5. The van der Waals surface area contributed by atoms with Crippen LogP contribution in [0.2, 0.25) is 0 Å². The average molecular weight is 400 g/mol. The molecule has 2 aromatic carbocycles. The number of urea groups is 1. The molecular formula is C20H21FN4O2S. The van der Waals surface area contributed by atoms with E-state index in [2.05, 4.69) is 15.2 Å². The molecule has 6 nitrogen and oxygen atoms in total. The number of hydrogen-bond acceptors (Lipinski definition) is 5. The summed E-state index contributed by atoms with van der Waals surface area (Å²) in [5.74, 6) is 0.531. The lowest BCUT2D eigenvalue weighted by molar-refractivity contribution is 0.208. The zero-order valence-corrected chi connectivity index (χ0v) is 16.3. The third-order valence-corrected chi connectivity index (χ3v) is 5.67. The minimum absolute atomic E-state index is 0.116. The van der Waals surface area contributed by atoms with Crippen LogP contribution in [0.1, 0.15) is 6.92 Å². The summed E-state index contributed by atoms with van der Waals surface area (Å²) in [4.78, 5) is 21.0. The van der Waals surface area contributed by atoms with Crippen LogP contribution in [0.3, 0.4) is 0 Å². The van der Waals surface area contributed by atoms with E-state index >= 15 is 0 Å². The fourth-order valence-corrected chi connectivity index (χ4v) is 4.17. The van der Waals surface area contributed by atoms with Crippen molar-refractivity contribution in [1.29, 1.82) is 0 Å². The highest BCUT2D eigenvalue weighted by Crippen LogP contribution is 2.30. The van der Waals surface area contributed by atoms with Gasteiger partial charge >= 0.3 is 6.03 Å². The number of benzene rings is 2. The molecular weight excluding hydrogens is 379 g/mol. The molecule has 0 spiro atoms. The van der Waals surface area contributed by atoms with Crippen molar-refractivity contribution in [2.24, 2.45) is 0 Å². The molecule has 1 aromatic heterocycles. The van der Waals surface area contributed by atoms with Gasteiger partial charge in [0.25, 0.3) is 0 Å². The van der Waals surface area contributed by atoms with Crippen molar-refractivity contribution in [2.45, 2.75) is 6.92 Å². The van der Waals surface area contributed by atoms with Gasteiger partial charge in [-0.25, -0.2) is 14.2 Å². The van der Waals surface area contributed by atoms with Crippen LogP contribution in [0.25, 0.3) is 10.2 Å². The molecule has 3 aromatic rings. The van der Waals surface area contributed by atoms with E-state index in [1.807, 2.05) is 31.2 Å². The largest absolute Gasteiger partial charge is 0.494 e. The highest BCUT2D eigenvalue weighted by Gasteiger charge is 2.23. The topological polar surface area (TPSA) is 57.7 Å². The number of carbonyl (C=O) groups excluding carboxylic acids is 1. The molecule has 0 saturated carbocycles. The molecule has 0 bridgehead atoms. The quantitative estimate of drug-likeness (QED) is 0.714. The summed E-state index contributed by atoms with van der Waals surface area (Å²) in [5.41, 5.74) is 1.54. The number of nitrogens with zero attached hydrogens (tertiary/aromatic N) is 3. The van der Waals surface area contributed by atoms with Crippen LogP contribution in [-0.4, -0.2) is 48.7 Å². The molecule has 1 saturated heterocycles. The van der Waals surface area contributed by atoms with Gasteiger partial charge in [-0.1, -0.05) is 11.3 Å². The van der Waals surface area contributed by atoms with Crippen molar-refractivity contribution in [3.63, 3.8) is 0 Å². The maximum absolute atomic E-state index is 13.4. The fourth-order valence-electron chi connectivity index (χ4n) is 3.13. The number of anilines is 2. The van der Waals surface area contributed by atoms with Gasteiger partial charge in [0.15, 0.2) is 5.13 Å². The van der Waals surface area contributed by atoms with Crippen molar-refractivity contribution in [3.8, 4) is 5.75 Å². The molecule has 1 fully saturated rings. The molecule has 4 rings (SSSR count). The normalized spacial score (nSPS) is 14.4. The Morgan fingerprint density at radius 3 is 2.64 bits per heavy atom. The Hall–Kier alpha value is -2.87. The van der Waals surface area contributed by atoms with Crippen LogP contribution in [-0.2, 0) is 0 Å². The SMILES string of the molecule is CCOc1ccc(NC(=O)N2CCN(c3nc4ccc(F)cc4s3)CC2)cc1. The summed E-state index contributed by atoms with van der Waals surface area (Å²) in [5, 5.41) is 3.79. The number of carbonyl (C=O) groups is 1. The Labute approximate surface area is 166 Å². The first kappa shape index (κ1) is 18.5. The Kier molecular flexibility index (Phi) is 5.29. The van der Waals surface area contributed by atoms with E-state index in [9.17, 15) is 9.18 Å². The van der Waals surface area contributed by atoms with Crippen molar-refractivity contribution in [3.05, 3.63) is 48.3 Å². The number of piperazine rings is 1. The second-order valence-electron chi connectivity index (χ2n) is 6.47. The lowest BCUT2D eigenvalue weighted by atomic mass is 10.3. The van der Waals surface area contributed by atoms with Gasteiger partial charge in [0.2, 0.25) is 0 Å². The van der Waals surface area contributed by atoms with Gasteiger partial charge in [0.1, 0.15) is 11.6 Å². The Morgan fingerprint density at radius 2 is 1.93 bits per heavy atom. The second kappa shape index (κ2) is 8.02. The van der Waals surface area contributed by atoms with Gasteiger partial charge in [0.05, 0.1) is 16.8 Å². The predicted molar refractivity (Wildman–Crippen MR) is 110 cm³/mol. The lowest BCUT2D eigenvalue weighted by Gasteiger charge is -2.34. The second-order valence-corrected chi connectivity index (χ2v) is 7.48. The first-order chi connectivity index (χ1) is 13.6. The molecule has 1 aliphatic rings. The molecule has 8 heteroatoms. The van der Waals surface area contributed by atoms with Gasteiger partial charge < -0.3 is 19.9 Å². The van der Waals surface area contributed by atoms with E-state index in [0.717, 1.165) is 26.8 Å². The Balaban J connectivity index is 1.34. The molecule has 2 amide bonds. The molecule has 0 unspecified atom stereocenters. The smallest absolute Gasteiger partial charge is 0.321 e. The van der Waals surface area contributed by atoms with Gasteiger partial charge in [-0.3, -0.25) is 0 Å². The Bertz CT molecular complexity index is 968. The van der Waals surface area contributed by atoms with Crippen LogP contribution in [0, 0.1) is 5.82 Å². The Morgan fingerprint density at radius 1 is 1.18 bits per heavy atom. The van der Waals surface area contributed by atoms with Crippen molar-refractivity contribution >= 4 is 38.4 Å². The molecule has 2 heterocycles. The first-order valence-corrected chi connectivity index (χ1v) is 10.0. The number of fused-ring (bicyclic) bond motifs is 1. The molecule has 1 aliphatic heterocycles. The van der Waals surface area contributed by atoms with Crippen LogP contribution >= 0.6 is 11.3 Å². The summed E-state index contributed by atoms with van der Waals surface area (Å²) in [6, 6.07) is 11.9. The third-order valence-electron chi connectivity index (χ3n) is 4.59. The number of nitrogens with one attached hydrogen (secondary N) is 1. The first-order valence-electron chi connectivity index (χ1n) is 9.22. The number of ether oxygens (including phenoxy) is 1. The van der Waals surface area contributed by atoms with Gasteiger partial charge in [-0.05, 0) is 49.4 Å². The molecule has 146 valence electrons. The summed E-state index contributed by atoms with van der Waals surface area (Å²) in [6.45, 7) is 5.14. The van der Waals surface area contributed by atoms with Crippen molar-refractivity contribution in [1.82, 2.24) is 9.88 Å². The lowest BCUT2D eigenvalue weighted by Crippen LogP contribution is -2.50. The van der Waals surface area contributed by atoms with Crippen molar-refractivity contribution < 1.29 is 13.9 Å². The van der Waals surface area contributed by atoms with E-state index in [0.29, 0.717) is 32.8 Å². The maximum atomic E-state index is 13.4. The summed E-state index contributed by atoms with van der Waals surface area (Å²) in [7, 11) is 0. The van der Waals surface area contributed by atoms with E-state index in [-0.39, 0.29) is 11.8 Å². The van der Waals surface area contributed by atoms with Gasteiger partial charge in [0, 0.05) is 31.9 Å². The number of aromatic nitrogens is 1. The molecule has 0 atom stereocenters. The summed E-state index contributed by atoms with van der Waals surface area (Å²) >= 11 is 1.48. The van der Waals surface area contributed by atoms with Gasteiger partial charge in [-0.15, -0.1) is 0 Å². The number of halogens is 1. The van der Waals surface area contributed by atoms with E-state index in [4.69, 9.17) is 4.74 Å². The van der Waals surface area contributed by atoms with E-state index < -0.39 is 0 Å². The zero-order valence-electron chi connectivity index (χ0n) is 15.5. The molecule has 0 aliphatic carbocycles. The minimum atomic E-state index is -0.251. The number of rotatable bonds is 4. The van der Waals surface area contributed by atoms with Crippen LogP contribution in [0.4, 0.5) is 20.0 Å². The highest BCUT2D eigenvalue weighted by atomic mass is 32.1. The summed E-state index contributed by atoms with van der Waals surface area (Å²) in [6.07, 6.45) is 0. The third kappa shape index (κ3) is 4.01. The number of hydrogen-bond donors (Lipinski definition) is 1. The van der Waals surface area contributed by atoms with E-state index in [1.165, 1.54) is 23.5 Å². The van der Waals surface area contributed by atoms with Crippen LogP contribution in [0.15, 0.2) is 42.5 Å². The van der Waals surface area contributed by atoms with Crippen molar-refractivity contribution in [2.75, 3.05) is 43.0 Å². The maximum Gasteiger partial charge on any atom is 0.321 e. The van der Waals surface area contributed by atoms with Crippen LogP contribution in [0.5, 0.6) is 5.75 Å². The molecule has 28 heavy (non-hydrogen) atoms. The minimum Gasteiger partial charge on any atom is -0.494 e. The highest BCUT2D eigenvalue weighted by molar-refractivity contribution is 7.22. The van der Waals surface area contributed by atoms with E-state index in [1.54, 1.807) is 11.0 Å². The number of thiazole rings is 1. The van der Waals surface area contributed by atoms with Crippen LogP contribution < -0.4 is 15.0 Å². The monoisotopic (exact) mass is 400 g/mol. The fraction of sp³-hybridized carbons (Fsp3) is 0.300. The standard InChI is InChI=1S/C20H21FN4O2S/c1-2-27-16-6-4-15(5-7-16)22-19(26)24-9-11-25(12-10-24)20-23-17-8-3-14(21)13-18(17)28-20/h3-8,13H,2,9-12H2,1H3,(H,22,26). The molecule has 0 radical (unpaired) electrons. The predicted octanol–water partition coefficient (Wildman–Crippen LogP) is 4.19.